The van der Waals surface area contributed by atoms with Crippen LogP contribution in [0.4, 0.5) is 0 Å². The van der Waals surface area contributed by atoms with Crippen LogP contribution in [0.1, 0.15) is 265 Å². The van der Waals surface area contributed by atoms with Gasteiger partial charge in [0.25, 0.3) is 0 Å². The molecular formula is C65H121O24P. The molecule has 0 radical (unpaired) electrons. The first-order valence-corrected chi connectivity index (χ1v) is 36.3. The second-order valence-electron chi connectivity index (χ2n) is 25.3. The van der Waals surface area contributed by atoms with E-state index in [1.54, 1.807) is 0 Å². The minimum Gasteiger partial charge on any atom is -0.463 e. The van der Waals surface area contributed by atoms with Gasteiger partial charge in [-0.3, -0.25) is 23.4 Å². The number of rotatable bonds is 53. The topological polar surface area (TPSA) is 374 Å². The average Bonchev–Trinajstić information content (AvgIpc) is 0.791. The number of carbonyl (C=O) groups is 3. The van der Waals surface area contributed by atoms with Crippen LogP contribution in [0.15, 0.2) is 0 Å². The van der Waals surface area contributed by atoms with E-state index >= 15 is 0 Å². The number of phosphoric acid groups is 1. The van der Waals surface area contributed by atoms with E-state index in [4.69, 9.17) is 42.2 Å². The van der Waals surface area contributed by atoms with Gasteiger partial charge in [0.2, 0.25) is 0 Å². The van der Waals surface area contributed by atoms with Crippen molar-refractivity contribution in [3.05, 3.63) is 0 Å². The number of unbranched alkanes of at least 4 members (excludes halogenated alkanes) is 32. The number of esters is 3. The van der Waals surface area contributed by atoms with E-state index in [0.29, 0.717) is 19.3 Å². The van der Waals surface area contributed by atoms with Crippen LogP contribution in [-0.4, -0.2) is 204 Å². The van der Waals surface area contributed by atoms with Crippen molar-refractivity contribution in [1.29, 1.82) is 0 Å². The van der Waals surface area contributed by atoms with Crippen LogP contribution in [0, 0.1) is 0 Å². The number of phosphoric ester groups is 1. The first-order chi connectivity index (χ1) is 43.3. The van der Waals surface area contributed by atoms with Crippen molar-refractivity contribution in [3.8, 4) is 0 Å². The second kappa shape index (κ2) is 48.6. The normalized spacial score (nSPS) is 29.0. The molecule has 3 aliphatic rings. The molecule has 0 aromatic carbocycles. The number of ether oxygens (including phenoxy) is 7. The molecule has 2 aliphatic heterocycles. The number of hydrogen-bond acceptors (Lipinski definition) is 23. The first kappa shape index (κ1) is 82.2. The SMILES string of the molecule is CCCCCCCCCCCCCCC(=O)OCC(COP(=O)(O)OC1C(OC2OC(CO)C(O)C(O)C2O)C(O)C(O)C(O)C1OC1OC(COC(=O)CCCCCCCCCCCCCC)C(O)C(O)C1O)OC(=O)CCCCCCCCCCCCC. The Kier molecular flexibility index (Phi) is 44.4. The van der Waals surface area contributed by atoms with Crippen LogP contribution in [0.25, 0.3) is 0 Å². The molecule has 530 valence electrons. The van der Waals surface area contributed by atoms with Gasteiger partial charge in [0.05, 0.1) is 13.2 Å². The maximum atomic E-state index is 14.3. The second-order valence-corrected chi connectivity index (χ2v) is 26.7. The molecule has 0 amide bonds. The summed E-state index contributed by atoms with van der Waals surface area (Å²) >= 11 is 0. The quantitative estimate of drug-likeness (QED) is 0.0119. The van der Waals surface area contributed by atoms with E-state index in [1.807, 2.05) is 0 Å². The highest BCUT2D eigenvalue weighted by Gasteiger charge is 2.58. The van der Waals surface area contributed by atoms with Crippen molar-refractivity contribution < 1.29 is 117 Å². The molecule has 3 rings (SSSR count). The van der Waals surface area contributed by atoms with Crippen molar-refractivity contribution in [3.63, 3.8) is 0 Å². The summed E-state index contributed by atoms with van der Waals surface area (Å²) in [6.07, 6.45) is 2.19. The zero-order valence-corrected chi connectivity index (χ0v) is 55.6. The molecule has 0 bridgehead atoms. The predicted octanol–water partition coefficient (Wildman–Crippen LogP) is 7.84. The summed E-state index contributed by atoms with van der Waals surface area (Å²) in [5.74, 6) is -1.98. The summed E-state index contributed by atoms with van der Waals surface area (Å²) in [4.78, 5) is 50.7. The lowest BCUT2D eigenvalue weighted by Gasteiger charge is -2.49. The maximum absolute atomic E-state index is 14.3. The van der Waals surface area contributed by atoms with Gasteiger partial charge >= 0.3 is 25.7 Å². The van der Waals surface area contributed by atoms with Crippen molar-refractivity contribution >= 4 is 25.7 Å². The number of aliphatic hydroxyl groups excluding tert-OH is 10. The molecule has 18 atom stereocenters. The molecule has 25 heteroatoms. The molecule has 24 nitrogen and oxygen atoms in total. The molecule has 1 aliphatic carbocycles. The van der Waals surface area contributed by atoms with Crippen molar-refractivity contribution in [2.75, 3.05) is 26.4 Å². The Morgan fingerprint density at radius 3 is 1.09 bits per heavy atom. The standard InChI is InChI=1S/C65H121O24P/c1-4-7-10-13-16-19-22-25-27-30-33-36-39-49(67)81-43-46(84-51(69)41-38-35-32-29-24-21-18-15-12-9-6-3)44-83-90(79,80)89-63-61(87-64-59(77)54(72)52(70)47(42-66)85-64)57(75)56(74)58(76)62(63)88-65-60(78)55(73)53(71)48(86-65)45-82-50(68)40-37-34-31-28-26-23-20-17-14-11-8-5-2/h46-48,52-66,70-78H,4-45H2,1-3H3,(H,79,80). The molecule has 11 N–H and O–H groups in total. The van der Waals surface area contributed by atoms with Gasteiger partial charge in [0.1, 0.15) is 98.7 Å². The zero-order chi connectivity index (χ0) is 66.1. The lowest BCUT2D eigenvalue weighted by Crippen LogP contribution is -2.69. The molecule has 3 fully saturated rings. The zero-order valence-electron chi connectivity index (χ0n) is 54.7. The number of aliphatic hydroxyl groups is 10. The van der Waals surface area contributed by atoms with Crippen LogP contribution in [-0.2, 0) is 61.2 Å². The van der Waals surface area contributed by atoms with Gasteiger partial charge in [-0.25, -0.2) is 4.57 Å². The largest absolute Gasteiger partial charge is 0.472 e. The van der Waals surface area contributed by atoms with Crippen molar-refractivity contribution in [2.24, 2.45) is 0 Å². The van der Waals surface area contributed by atoms with Crippen molar-refractivity contribution in [1.82, 2.24) is 0 Å². The highest BCUT2D eigenvalue weighted by atomic mass is 31.2. The number of carbonyl (C=O) groups excluding carboxylic acids is 3. The molecule has 18 unspecified atom stereocenters. The van der Waals surface area contributed by atoms with Gasteiger partial charge in [0, 0.05) is 19.3 Å². The molecule has 2 heterocycles. The smallest absolute Gasteiger partial charge is 0.463 e. The third kappa shape index (κ3) is 32.6. The fourth-order valence-electron chi connectivity index (χ4n) is 11.6. The number of hydrogen-bond donors (Lipinski definition) is 11. The third-order valence-corrected chi connectivity index (χ3v) is 18.4. The molecular weight excluding hydrogens is 1200 g/mol. The van der Waals surface area contributed by atoms with Crippen LogP contribution in [0.3, 0.4) is 0 Å². The summed E-state index contributed by atoms with van der Waals surface area (Å²) in [6.45, 7) is 3.40. The van der Waals surface area contributed by atoms with Crippen LogP contribution >= 0.6 is 7.82 Å². The summed E-state index contributed by atoms with van der Waals surface area (Å²) in [5.41, 5.74) is 0. The summed E-state index contributed by atoms with van der Waals surface area (Å²) in [5, 5.41) is 110. The Labute approximate surface area is 536 Å². The van der Waals surface area contributed by atoms with Crippen LogP contribution in [0.2, 0.25) is 0 Å². The van der Waals surface area contributed by atoms with E-state index in [9.17, 15) is 74.9 Å². The van der Waals surface area contributed by atoms with Gasteiger partial charge < -0.3 is 89.1 Å². The summed E-state index contributed by atoms with van der Waals surface area (Å²) < 4.78 is 64.7. The monoisotopic (exact) mass is 1320 g/mol. The Balaban J connectivity index is 1.77. The summed E-state index contributed by atoms with van der Waals surface area (Å²) in [6, 6.07) is 0. The lowest BCUT2D eigenvalue weighted by atomic mass is 9.84. The van der Waals surface area contributed by atoms with Gasteiger partial charge in [-0.05, 0) is 19.3 Å². The third-order valence-electron chi connectivity index (χ3n) is 17.4. The molecule has 1 saturated carbocycles. The first-order valence-electron chi connectivity index (χ1n) is 34.8. The fourth-order valence-corrected chi connectivity index (χ4v) is 12.6. The molecule has 0 aromatic rings. The molecule has 2 saturated heterocycles. The molecule has 0 aromatic heterocycles. The predicted molar refractivity (Wildman–Crippen MR) is 333 cm³/mol. The maximum Gasteiger partial charge on any atom is 0.472 e. The van der Waals surface area contributed by atoms with E-state index in [2.05, 4.69) is 20.8 Å². The summed E-state index contributed by atoms with van der Waals surface area (Å²) in [7, 11) is -5.68. The van der Waals surface area contributed by atoms with Gasteiger partial charge in [-0.2, -0.15) is 0 Å². The fraction of sp³-hybridized carbons (Fsp3) is 0.954. The molecule has 90 heavy (non-hydrogen) atoms. The average molecular weight is 1320 g/mol. The van der Waals surface area contributed by atoms with Crippen LogP contribution in [0.5, 0.6) is 0 Å². The van der Waals surface area contributed by atoms with E-state index < -0.39 is 156 Å². The molecule has 0 spiro atoms. The van der Waals surface area contributed by atoms with Crippen LogP contribution < -0.4 is 0 Å². The lowest BCUT2D eigenvalue weighted by molar-refractivity contribution is -0.360. The minimum atomic E-state index is -5.68. The highest BCUT2D eigenvalue weighted by molar-refractivity contribution is 7.47. The van der Waals surface area contributed by atoms with Gasteiger partial charge in [-0.1, -0.05) is 226 Å². The van der Waals surface area contributed by atoms with E-state index in [-0.39, 0.29) is 19.3 Å². The van der Waals surface area contributed by atoms with E-state index in [0.717, 1.165) is 96.3 Å². The Bertz CT molecular complexity index is 1890. The minimum absolute atomic E-state index is 0.0330. The van der Waals surface area contributed by atoms with Gasteiger partial charge in [-0.15, -0.1) is 0 Å². The van der Waals surface area contributed by atoms with Gasteiger partial charge in [0.15, 0.2) is 18.7 Å². The Morgan fingerprint density at radius 1 is 0.389 bits per heavy atom. The van der Waals surface area contributed by atoms with Crippen molar-refractivity contribution in [2.45, 2.75) is 369 Å². The Hall–Kier alpha value is -2.04. The Morgan fingerprint density at radius 2 is 0.711 bits per heavy atom. The highest BCUT2D eigenvalue weighted by Crippen LogP contribution is 2.49. The van der Waals surface area contributed by atoms with E-state index in [1.165, 1.54) is 109 Å².